The zero-order chi connectivity index (χ0) is 18.3. The number of nitrogens with one attached hydrogen (secondary N) is 1. The van der Waals surface area contributed by atoms with Crippen molar-refractivity contribution in [2.24, 2.45) is 0 Å². The highest BCUT2D eigenvalue weighted by Gasteiger charge is 2.15. The maximum atomic E-state index is 5.28. The standard InChI is InChI=1S/C18H14Br2N4OS.BrH/c1-10-17(24-6-4-3-5-15(24)21-10)14-9-26-18(22-14)23-16-12(19)7-11(25-2)8-13(16)20;/h3-9H,1-2H3,(H,22,23);1H. The molecule has 27 heavy (non-hydrogen) atoms. The van der Waals surface area contributed by atoms with Crippen molar-refractivity contribution in [3.05, 3.63) is 56.5 Å². The van der Waals surface area contributed by atoms with E-state index in [9.17, 15) is 0 Å². The van der Waals surface area contributed by atoms with E-state index < -0.39 is 0 Å². The Labute approximate surface area is 187 Å². The molecule has 0 saturated heterocycles. The Kier molecular flexibility index (Phi) is 6.25. The molecule has 0 aliphatic rings. The molecule has 0 atom stereocenters. The zero-order valence-corrected chi connectivity index (χ0v) is 20.1. The van der Waals surface area contributed by atoms with Gasteiger partial charge in [-0.3, -0.25) is 4.40 Å². The number of thiazole rings is 1. The largest absolute Gasteiger partial charge is 0.497 e. The molecule has 1 aromatic carbocycles. The minimum atomic E-state index is 0. The third-order valence-electron chi connectivity index (χ3n) is 3.93. The van der Waals surface area contributed by atoms with Gasteiger partial charge in [-0.25, -0.2) is 9.97 Å². The first kappa shape index (κ1) is 20.3. The van der Waals surface area contributed by atoms with Gasteiger partial charge >= 0.3 is 0 Å². The highest BCUT2D eigenvalue weighted by molar-refractivity contribution is 9.11. The molecular weight excluding hydrogens is 560 g/mol. The predicted molar refractivity (Wildman–Crippen MR) is 123 cm³/mol. The van der Waals surface area contributed by atoms with Crippen LogP contribution in [0.2, 0.25) is 0 Å². The van der Waals surface area contributed by atoms with Gasteiger partial charge in [-0.1, -0.05) is 6.07 Å². The predicted octanol–water partition coefficient (Wildman–Crippen LogP) is 6.62. The van der Waals surface area contributed by atoms with Gasteiger partial charge < -0.3 is 10.1 Å². The van der Waals surface area contributed by atoms with Crippen molar-refractivity contribution < 1.29 is 4.74 Å². The number of halogens is 3. The number of aryl methyl sites for hydroxylation is 1. The van der Waals surface area contributed by atoms with Gasteiger partial charge in [0.2, 0.25) is 0 Å². The van der Waals surface area contributed by atoms with E-state index in [2.05, 4.69) is 46.6 Å². The SMILES string of the molecule is Br.COc1cc(Br)c(Nc2nc(-c3c(C)nc4ccccn34)cs2)c(Br)c1. The maximum absolute atomic E-state index is 5.28. The Hall–Kier alpha value is -1.42. The van der Waals surface area contributed by atoms with Crippen LogP contribution < -0.4 is 10.1 Å². The van der Waals surface area contributed by atoms with Crippen LogP contribution in [-0.4, -0.2) is 21.5 Å². The van der Waals surface area contributed by atoms with Gasteiger partial charge in [0, 0.05) is 20.5 Å². The van der Waals surface area contributed by atoms with Crippen LogP contribution in [0.4, 0.5) is 10.8 Å². The van der Waals surface area contributed by atoms with E-state index in [4.69, 9.17) is 9.72 Å². The molecule has 3 aromatic heterocycles. The number of aromatic nitrogens is 3. The van der Waals surface area contributed by atoms with Gasteiger partial charge in [0.15, 0.2) is 5.13 Å². The number of nitrogens with zero attached hydrogens (tertiary/aromatic N) is 3. The lowest BCUT2D eigenvalue weighted by atomic mass is 10.3. The second kappa shape index (κ2) is 8.30. The molecule has 0 spiro atoms. The fraction of sp³-hybridized carbons (Fsp3) is 0.111. The van der Waals surface area contributed by atoms with Crippen molar-refractivity contribution in [1.29, 1.82) is 0 Å². The molecule has 0 unspecified atom stereocenters. The van der Waals surface area contributed by atoms with Crippen molar-refractivity contribution in [3.63, 3.8) is 0 Å². The Bertz CT molecular complexity index is 1090. The van der Waals surface area contributed by atoms with E-state index in [-0.39, 0.29) is 17.0 Å². The van der Waals surface area contributed by atoms with Crippen molar-refractivity contribution in [1.82, 2.24) is 14.4 Å². The smallest absolute Gasteiger partial charge is 0.187 e. The summed E-state index contributed by atoms with van der Waals surface area (Å²) in [5.41, 5.74) is 4.69. The first-order valence-corrected chi connectivity index (χ1v) is 10.2. The lowest BCUT2D eigenvalue weighted by molar-refractivity contribution is 0.414. The average molecular weight is 575 g/mol. The number of methoxy groups -OCH3 is 1. The lowest BCUT2D eigenvalue weighted by Gasteiger charge is -2.10. The molecule has 4 rings (SSSR count). The molecule has 1 N–H and O–H groups in total. The van der Waals surface area contributed by atoms with Crippen molar-refractivity contribution >= 4 is 76.6 Å². The number of pyridine rings is 1. The van der Waals surface area contributed by atoms with E-state index >= 15 is 0 Å². The zero-order valence-electron chi connectivity index (χ0n) is 14.4. The summed E-state index contributed by atoms with van der Waals surface area (Å²) >= 11 is 8.70. The molecule has 0 amide bonds. The van der Waals surface area contributed by atoms with Gasteiger partial charge in [-0.15, -0.1) is 28.3 Å². The van der Waals surface area contributed by atoms with Crippen molar-refractivity contribution in [2.75, 3.05) is 12.4 Å². The second-order valence-corrected chi connectivity index (χ2v) is 8.17. The number of ether oxygens (including phenoxy) is 1. The quantitative estimate of drug-likeness (QED) is 0.298. The van der Waals surface area contributed by atoms with Gasteiger partial charge in [-0.2, -0.15) is 0 Å². The number of hydrogen-bond donors (Lipinski definition) is 1. The van der Waals surface area contributed by atoms with Crippen molar-refractivity contribution in [2.45, 2.75) is 6.92 Å². The number of anilines is 2. The van der Waals surface area contributed by atoms with E-state index in [0.29, 0.717) is 0 Å². The van der Waals surface area contributed by atoms with Gasteiger partial charge in [-0.05, 0) is 63.0 Å². The van der Waals surface area contributed by atoms with Crippen LogP contribution >= 0.6 is 60.2 Å². The first-order chi connectivity index (χ1) is 12.6. The van der Waals surface area contributed by atoms with Crippen LogP contribution in [0.3, 0.4) is 0 Å². The van der Waals surface area contributed by atoms with Gasteiger partial charge in [0.05, 0.1) is 24.2 Å². The van der Waals surface area contributed by atoms with Crippen LogP contribution in [0.1, 0.15) is 5.69 Å². The molecule has 0 aliphatic heterocycles. The number of rotatable bonds is 4. The summed E-state index contributed by atoms with van der Waals surface area (Å²) in [4.78, 5) is 9.37. The van der Waals surface area contributed by atoms with E-state index in [1.807, 2.05) is 48.8 Å². The molecule has 0 bridgehead atoms. The number of fused-ring (bicyclic) bond motifs is 1. The van der Waals surface area contributed by atoms with Gasteiger partial charge in [0.1, 0.15) is 17.1 Å². The molecule has 0 fully saturated rings. The summed E-state index contributed by atoms with van der Waals surface area (Å²) in [5.74, 6) is 0.774. The molecular formula is C18H15Br3N4OS. The van der Waals surface area contributed by atoms with Crippen LogP contribution in [0, 0.1) is 6.92 Å². The molecule has 0 aliphatic carbocycles. The van der Waals surface area contributed by atoms with E-state index in [1.165, 1.54) is 0 Å². The summed E-state index contributed by atoms with van der Waals surface area (Å²) < 4.78 is 9.13. The number of hydrogen-bond acceptors (Lipinski definition) is 5. The topological polar surface area (TPSA) is 51.5 Å². The summed E-state index contributed by atoms with van der Waals surface area (Å²) in [7, 11) is 1.65. The van der Waals surface area contributed by atoms with Crippen LogP contribution in [0.15, 0.2) is 50.9 Å². The molecule has 4 aromatic rings. The minimum absolute atomic E-state index is 0. The summed E-state index contributed by atoms with van der Waals surface area (Å²) in [6.45, 7) is 2.01. The fourth-order valence-electron chi connectivity index (χ4n) is 2.76. The lowest BCUT2D eigenvalue weighted by Crippen LogP contribution is -1.94. The Morgan fingerprint density at radius 3 is 2.59 bits per heavy atom. The monoisotopic (exact) mass is 572 g/mol. The first-order valence-electron chi connectivity index (χ1n) is 7.76. The van der Waals surface area contributed by atoms with Crippen LogP contribution in [-0.2, 0) is 0 Å². The highest BCUT2D eigenvalue weighted by Crippen LogP contribution is 2.38. The van der Waals surface area contributed by atoms with E-state index in [1.54, 1.807) is 18.4 Å². The van der Waals surface area contributed by atoms with Crippen LogP contribution in [0.25, 0.3) is 17.0 Å². The number of benzene rings is 1. The van der Waals surface area contributed by atoms with Crippen LogP contribution in [0.5, 0.6) is 5.75 Å². The molecule has 9 heteroatoms. The third kappa shape index (κ3) is 3.91. The average Bonchev–Trinajstić information content (AvgIpc) is 3.20. The molecule has 3 heterocycles. The normalized spacial score (nSPS) is 10.7. The van der Waals surface area contributed by atoms with Gasteiger partial charge in [0.25, 0.3) is 0 Å². The number of imidazole rings is 1. The molecule has 0 saturated carbocycles. The minimum Gasteiger partial charge on any atom is -0.497 e. The highest BCUT2D eigenvalue weighted by atomic mass is 79.9. The maximum Gasteiger partial charge on any atom is 0.187 e. The molecule has 5 nitrogen and oxygen atoms in total. The third-order valence-corrected chi connectivity index (χ3v) is 5.94. The molecule has 140 valence electrons. The second-order valence-electron chi connectivity index (χ2n) is 5.60. The Balaban J connectivity index is 0.00000210. The van der Waals surface area contributed by atoms with Crippen molar-refractivity contribution in [3.8, 4) is 17.1 Å². The molecule has 0 radical (unpaired) electrons. The summed E-state index contributed by atoms with van der Waals surface area (Å²) in [5, 5.41) is 6.21. The summed E-state index contributed by atoms with van der Waals surface area (Å²) in [6, 6.07) is 9.80. The Morgan fingerprint density at radius 2 is 1.89 bits per heavy atom. The fourth-order valence-corrected chi connectivity index (χ4v) is 4.80. The Morgan fingerprint density at radius 1 is 1.15 bits per heavy atom. The summed E-state index contributed by atoms with van der Waals surface area (Å²) in [6.07, 6.45) is 2.01. The van der Waals surface area contributed by atoms with E-state index in [0.717, 1.165) is 48.2 Å².